The van der Waals surface area contributed by atoms with Crippen molar-refractivity contribution >= 4 is 40.0 Å². The van der Waals surface area contributed by atoms with Crippen molar-refractivity contribution < 1.29 is 29.0 Å². The first kappa shape index (κ1) is 20.6. The van der Waals surface area contributed by atoms with E-state index in [1.54, 1.807) is 6.26 Å². The first-order valence-corrected chi connectivity index (χ1v) is 8.79. The Morgan fingerprint density at radius 3 is 2.50 bits per heavy atom. The van der Waals surface area contributed by atoms with Crippen LogP contribution in [-0.2, 0) is 20.9 Å². The van der Waals surface area contributed by atoms with Crippen molar-refractivity contribution in [1.29, 1.82) is 0 Å². The van der Waals surface area contributed by atoms with Gasteiger partial charge in [-0.2, -0.15) is 0 Å². The van der Waals surface area contributed by atoms with Crippen molar-refractivity contribution in [3.8, 4) is 11.3 Å². The van der Waals surface area contributed by atoms with Gasteiger partial charge in [-0.25, -0.2) is 14.6 Å². The van der Waals surface area contributed by atoms with Crippen LogP contribution in [0.25, 0.3) is 11.3 Å². The predicted octanol–water partition coefficient (Wildman–Crippen LogP) is 3.13. The van der Waals surface area contributed by atoms with E-state index in [4.69, 9.17) is 24.2 Å². The molecule has 0 unspecified atom stereocenters. The molecule has 0 radical (unpaired) electrons. The molecule has 0 saturated carbocycles. The molecular formula is C18H17N3O6S. The molecule has 1 aromatic carbocycles. The fraction of sp³-hybridized carbons (Fsp3) is 0.111. The number of nitrogens with one attached hydrogen (secondary N) is 2. The van der Waals surface area contributed by atoms with E-state index in [0.29, 0.717) is 6.54 Å². The molecule has 0 bridgehead atoms. The summed E-state index contributed by atoms with van der Waals surface area (Å²) in [4.78, 5) is 33.9. The summed E-state index contributed by atoms with van der Waals surface area (Å²) in [6.45, 7) is 2.10. The molecule has 3 rings (SSSR count). The second-order valence-corrected chi connectivity index (χ2v) is 6.20. The van der Waals surface area contributed by atoms with Crippen LogP contribution in [0.4, 0.5) is 10.8 Å². The number of aromatic nitrogens is 1. The summed E-state index contributed by atoms with van der Waals surface area (Å²) in [5.74, 6) is -2.87. The summed E-state index contributed by atoms with van der Waals surface area (Å²) in [5, 5.41) is 23.6. The Labute approximate surface area is 163 Å². The molecule has 9 nitrogen and oxygen atoms in total. The number of furan rings is 1. The Bertz CT molecular complexity index is 940. The van der Waals surface area contributed by atoms with Gasteiger partial charge in [0.1, 0.15) is 5.76 Å². The lowest BCUT2D eigenvalue weighted by Crippen LogP contribution is -2.09. The highest BCUT2D eigenvalue weighted by molar-refractivity contribution is 7.14. The van der Waals surface area contributed by atoms with Crippen molar-refractivity contribution in [1.82, 2.24) is 4.98 Å². The molecule has 0 spiro atoms. The van der Waals surface area contributed by atoms with Gasteiger partial charge in [0.25, 0.3) is 0 Å². The molecule has 0 aliphatic carbocycles. The second-order valence-electron chi connectivity index (χ2n) is 5.34. The van der Waals surface area contributed by atoms with Crippen LogP contribution in [-0.4, -0.2) is 33.0 Å². The molecule has 146 valence electrons. The summed E-state index contributed by atoms with van der Waals surface area (Å²) >= 11 is 1.53. The summed E-state index contributed by atoms with van der Waals surface area (Å²) in [5.41, 5.74) is 2.61. The number of carbonyl (C=O) groups is 3. The van der Waals surface area contributed by atoms with E-state index in [1.165, 1.54) is 18.3 Å². The topological polar surface area (TPSA) is 142 Å². The lowest BCUT2D eigenvalue weighted by Gasteiger charge is -2.03. The van der Waals surface area contributed by atoms with Gasteiger partial charge in [0.2, 0.25) is 5.91 Å². The van der Waals surface area contributed by atoms with E-state index in [9.17, 15) is 4.79 Å². The molecule has 28 heavy (non-hydrogen) atoms. The average Bonchev–Trinajstić information content (AvgIpc) is 3.32. The number of anilines is 2. The van der Waals surface area contributed by atoms with Crippen LogP contribution in [0.15, 0.2) is 52.5 Å². The molecule has 10 heteroatoms. The molecule has 0 fully saturated rings. The number of amides is 1. The Balaban J connectivity index is 0.000000409. The number of benzene rings is 1. The molecule has 0 aliphatic heterocycles. The summed E-state index contributed by atoms with van der Waals surface area (Å²) < 4.78 is 5.27. The highest BCUT2D eigenvalue weighted by Crippen LogP contribution is 2.27. The number of carbonyl (C=O) groups excluding carboxylic acids is 1. The molecule has 0 aliphatic rings. The summed E-state index contributed by atoms with van der Waals surface area (Å²) in [6, 6.07) is 11.4. The Morgan fingerprint density at radius 2 is 1.89 bits per heavy atom. The SMILES string of the molecule is CC(=O)Nc1cccc(-c2csc(NCc3ccco3)n2)c1.O=C(O)C(=O)O. The molecule has 0 atom stereocenters. The van der Waals surface area contributed by atoms with Crippen LogP contribution in [0.5, 0.6) is 0 Å². The number of carboxylic acids is 2. The Morgan fingerprint density at radius 1 is 1.14 bits per heavy atom. The van der Waals surface area contributed by atoms with E-state index in [-0.39, 0.29) is 5.91 Å². The normalized spacial score (nSPS) is 9.75. The maximum absolute atomic E-state index is 11.1. The van der Waals surface area contributed by atoms with Gasteiger partial charge in [0, 0.05) is 23.6 Å². The zero-order valence-corrected chi connectivity index (χ0v) is 15.5. The highest BCUT2D eigenvalue weighted by atomic mass is 32.1. The average molecular weight is 403 g/mol. The van der Waals surface area contributed by atoms with Crippen LogP contribution < -0.4 is 10.6 Å². The minimum atomic E-state index is -1.82. The third-order valence-electron chi connectivity index (χ3n) is 3.16. The number of thiazole rings is 1. The van der Waals surface area contributed by atoms with Crippen LogP contribution >= 0.6 is 11.3 Å². The summed E-state index contributed by atoms with van der Waals surface area (Å²) in [7, 11) is 0. The zero-order chi connectivity index (χ0) is 20.5. The third-order valence-corrected chi connectivity index (χ3v) is 3.96. The number of rotatable bonds is 5. The van der Waals surface area contributed by atoms with E-state index >= 15 is 0 Å². The van der Waals surface area contributed by atoms with Crippen LogP contribution in [0.3, 0.4) is 0 Å². The largest absolute Gasteiger partial charge is 0.473 e. The van der Waals surface area contributed by atoms with Gasteiger partial charge < -0.3 is 25.3 Å². The maximum atomic E-state index is 11.1. The zero-order valence-electron chi connectivity index (χ0n) is 14.7. The lowest BCUT2D eigenvalue weighted by molar-refractivity contribution is -0.159. The van der Waals surface area contributed by atoms with Crippen molar-refractivity contribution in [3.05, 3.63) is 53.8 Å². The minimum Gasteiger partial charge on any atom is -0.473 e. The van der Waals surface area contributed by atoms with Crippen molar-refractivity contribution in [2.24, 2.45) is 0 Å². The number of aliphatic carboxylic acids is 2. The van der Waals surface area contributed by atoms with Gasteiger partial charge in [-0.05, 0) is 24.3 Å². The molecule has 2 aromatic heterocycles. The van der Waals surface area contributed by atoms with Gasteiger partial charge in [-0.15, -0.1) is 11.3 Å². The summed E-state index contributed by atoms with van der Waals surface area (Å²) in [6.07, 6.45) is 1.65. The predicted molar refractivity (Wildman–Crippen MR) is 103 cm³/mol. The highest BCUT2D eigenvalue weighted by Gasteiger charge is 2.06. The fourth-order valence-corrected chi connectivity index (χ4v) is 2.74. The van der Waals surface area contributed by atoms with E-state index in [1.807, 2.05) is 41.8 Å². The third kappa shape index (κ3) is 6.57. The molecular weight excluding hydrogens is 386 g/mol. The molecule has 1 amide bonds. The maximum Gasteiger partial charge on any atom is 0.414 e. The van der Waals surface area contributed by atoms with Gasteiger partial charge in [-0.1, -0.05) is 12.1 Å². The van der Waals surface area contributed by atoms with E-state index < -0.39 is 11.9 Å². The standard InChI is InChI=1S/C16H15N3O2S.C2H2O4/c1-11(20)18-13-5-2-4-12(8-13)15-10-22-16(19-15)17-9-14-6-3-7-21-14;3-1(4)2(5)6/h2-8,10H,9H2,1H3,(H,17,19)(H,18,20);(H,3,4)(H,5,6). The minimum absolute atomic E-state index is 0.0868. The lowest BCUT2D eigenvalue weighted by atomic mass is 10.1. The number of carboxylic acid groups (broad SMARTS) is 2. The number of hydrogen-bond acceptors (Lipinski definition) is 7. The first-order valence-electron chi connectivity index (χ1n) is 7.91. The van der Waals surface area contributed by atoms with Crippen LogP contribution in [0, 0.1) is 0 Å². The molecule has 4 N–H and O–H groups in total. The second kappa shape index (κ2) is 9.88. The molecule has 2 heterocycles. The van der Waals surface area contributed by atoms with Gasteiger partial charge >= 0.3 is 11.9 Å². The quantitative estimate of drug-likeness (QED) is 0.476. The van der Waals surface area contributed by atoms with E-state index in [0.717, 1.165) is 27.8 Å². The fourth-order valence-electron chi connectivity index (χ4n) is 2.02. The monoisotopic (exact) mass is 403 g/mol. The number of hydrogen-bond donors (Lipinski definition) is 4. The smallest absolute Gasteiger partial charge is 0.414 e. The number of nitrogens with zero attached hydrogens (tertiary/aromatic N) is 1. The van der Waals surface area contributed by atoms with Crippen LogP contribution in [0.1, 0.15) is 12.7 Å². The van der Waals surface area contributed by atoms with Crippen molar-refractivity contribution in [3.63, 3.8) is 0 Å². The van der Waals surface area contributed by atoms with Gasteiger partial charge in [0.05, 0.1) is 18.5 Å². The Hall–Kier alpha value is -3.66. The van der Waals surface area contributed by atoms with E-state index in [2.05, 4.69) is 15.6 Å². The molecule has 0 saturated heterocycles. The Kier molecular flexibility index (Phi) is 7.28. The van der Waals surface area contributed by atoms with Crippen molar-refractivity contribution in [2.45, 2.75) is 13.5 Å². The first-order chi connectivity index (χ1) is 13.3. The van der Waals surface area contributed by atoms with Gasteiger partial charge in [0.15, 0.2) is 5.13 Å². The van der Waals surface area contributed by atoms with Crippen molar-refractivity contribution in [2.75, 3.05) is 10.6 Å². The van der Waals surface area contributed by atoms with Crippen LogP contribution in [0.2, 0.25) is 0 Å². The molecule has 3 aromatic rings. The van der Waals surface area contributed by atoms with Gasteiger partial charge in [-0.3, -0.25) is 4.79 Å².